The van der Waals surface area contributed by atoms with Gasteiger partial charge in [0.15, 0.2) is 10.9 Å². The van der Waals surface area contributed by atoms with Gasteiger partial charge in [-0.2, -0.15) is 9.97 Å². The van der Waals surface area contributed by atoms with Gasteiger partial charge in [0.1, 0.15) is 22.5 Å². The lowest BCUT2D eigenvalue weighted by molar-refractivity contribution is 0.307. The first-order valence-corrected chi connectivity index (χ1v) is 13.3. The fourth-order valence-corrected chi connectivity index (χ4v) is 6.82. The van der Waals surface area contributed by atoms with Gasteiger partial charge in [-0.3, -0.25) is 4.79 Å². The molecule has 0 amide bonds. The predicted molar refractivity (Wildman–Crippen MR) is 138 cm³/mol. The normalized spacial score (nSPS) is 21.6. The number of rotatable bonds is 4. The summed E-state index contributed by atoms with van der Waals surface area (Å²) in [6.07, 6.45) is 4.34. The molecule has 0 radical (unpaired) electrons. The largest absolute Gasteiger partial charge is 0.467 e. The maximum Gasteiger partial charge on any atom is 0.318 e. The quantitative estimate of drug-likeness (QED) is 0.416. The van der Waals surface area contributed by atoms with Crippen LogP contribution in [-0.4, -0.2) is 51.8 Å². The van der Waals surface area contributed by atoms with Crippen LogP contribution in [0.15, 0.2) is 16.9 Å². The third-order valence-electron chi connectivity index (χ3n) is 7.97. The number of piperazine rings is 1. The number of methoxy groups -OCH3 is 1. The maximum atomic E-state index is 16.7. The van der Waals surface area contributed by atoms with E-state index in [1.807, 2.05) is 0 Å². The Morgan fingerprint density at radius 1 is 1.05 bits per heavy atom. The van der Waals surface area contributed by atoms with Crippen LogP contribution in [0.25, 0.3) is 32.4 Å². The molecule has 1 aromatic carbocycles. The first kappa shape index (κ1) is 22.8. The van der Waals surface area contributed by atoms with Crippen LogP contribution in [0.4, 0.5) is 19.7 Å². The van der Waals surface area contributed by atoms with Gasteiger partial charge >= 0.3 is 6.01 Å². The van der Waals surface area contributed by atoms with E-state index in [4.69, 9.17) is 10.5 Å². The van der Waals surface area contributed by atoms with Gasteiger partial charge in [-0.25, -0.2) is 13.8 Å². The summed E-state index contributed by atoms with van der Waals surface area (Å²) in [5.41, 5.74) is 6.04. The van der Waals surface area contributed by atoms with Gasteiger partial charge in [0, 0.05) is 36.8 Å². The Bertz CT molecular complexity index is 1620. The summed E-state index contributed by atoms with van der Waals surface area (Å²) in [7, 11) is 1.42. The number of anilines is 2. The number of fused-ring (bicyclic) bond motifs is 4. The molecule has 0 spiro atoms. The molecule has 37 heavy (non-hydrogen) atoms. The fourth-order valence-electron chi connectivity index (χ4n) is 6.05. The van der Waals surface area contributed by atoms with E-state index in [2.05, 4.69) is 25.2 Å². The zero-order chi connectivity index (χ0) is 25.4. The number of nitrogens with two attached hydrogens (primary N) is 1. The lowest BCUT2D eigenvalue weighted by Gasteiger charge is -2.37. The number of aromatic nitrogens is 4. The van der Waals surface area contributed by atoms with Gasteiger partial charge < -0.3 is 25.3 Å². The number of hydrogen-bond acceptors (Lipinski definition) is 9. The van der Waals surface area contributed by atoms with Crippen molar-refractivity contribution in [2.24, 2.45) is 0 Å². The summed E-state index contributed by atoms with van der Waals surface area (Å²) in [5, 5.41) is 3.75. The molecular weight excluding hydrogens is 500 g/mol. The second-order valence-electron chi connectivity index (χ2n) is 9.96. The average Bonchev–Trinajstić information content (AvgIpc) is 3.37. The van der Waals surface area contributed by atoms with Crippen LogP contribution >= 0.6 is 11.3 Å². The van der Waals surface area contributed by atoms with Crippen molar-refractivity contribution in [2.45, 2.75) is 50.2 Å². The molecule has 2 saturated heterocycles. The van der Waals surface area contributed by atoms with Crippen molar-refractivity contribution >= 4 is 43.4 Å². The van der Waals surface area contributed by atoms with Crippen LogP contribution in [0.5, 0.6) is 6.01 Å². The van der Waals surface area contributed by atoms with Crippen molar-refractivity contribution in [3.63, 3.8) is 0 Å². The summed E-state index contributed by atoms with van der Waals surface area (Å²) >= 11 is 0.994. The molecule has 4 aromatic rings. The molecule has 3 fully saturated rings. The van der Waals surface area contributed by atoms with E-state index in [1.165, 1.54) is 23.8 Å². The van der Waals surface area contributed by atoms with Crippen LogP contribution in [0, 0.1) is 11.6 Å². The van der Waals surface area contributed by atoms with Crippen molar-refractivity contribution in [1.29, 1.82) is 0 Å². The van der Waals surface area contributed by atoms with E-state index in [-0.39, 0.29) is 61.6 Å². The maximum absolute atomic E-state index is 16.7. The highest BCUT2D eigenvalue weighted by atomic mass is 32.1. The van der Waals surface area contributed by atoms with E-state index in [0.717, 1.165) is 56.5 Å². The lowest BCUT2D eigenvalue weighted by atomic mass is 9.91. The first-order chi connectivity index (χ1) is 18.0. The summed E-state index contributed by atoms with van der Waals surface area (Å²) < 4.78 is 38.5. The highest BCUT2D eigenvalue weighted by molar-refractivity contribution is 7.22. The smallest absolute Gasteiger partial charge is 0.318 e. The molecule has 2 unspecified atom stereocenters. The van der Waals surface area contributed by atoms with Crippen molar-refractivity contribution in [3.05, 3.63) is 34.1 Å². The number of nitrogen functional groups attached to an aromatic ring is 1. The summed E-state index contributed by atoms with van der Waals surface area (Å²) in [6, 6.07) is 2.83. The average molecular weight is 526 g/mol. The Morgan fingerprint density at radius 3 is 2.49 bits per heavy atom. The van der Waals surface area contributed by atoms with Gasteiger partial charge in [-0.15, -0.1) is 0 Å². The zero-order valence-corrected chi connectivity index (χ0v) is 20.9. The molecule has 9 nitrogen and oxygen atoms in total. The van der Waals surface area contributed by atoms with Crippen LogP contribution in [0.2, 0.25) is 0 Å². The minimum Gasteiger partial charge on any atom is -0.467 e. The molecule has 1 saturated carbocycles. The number of nitrogens with zero attached hydrogens (tertiary/aromatic N) is 5. The van der Waals surface area contributed by atoms with Crippen LogP contribution in [0.1, 0.15) is 38.1 Å². The molecule has 192 valence electrons. The number of pyridine rings is 1. The first-order valence-electron chi connectivity index (χ1n) is 12.5. The third-order valence-corrected chi connectivity index (χ3v) is 8.87. The van der Waals surface area contributed by atoms with Gasteiger partial charge in [-0.1, -0.05) is 11.3 Å². The number of thiazole rings is 1. The number of nitrogens with one attached hydrogen (secondary N) is 1. The number of ether oxygens (including phenoxy) is 1. The van der Waals surface area contributed by atoms with Crippen LogP contribution in [0.3, 0.4) is 0 Å². The number of hydrogen-bond donors (Lipinski definition) is 2. The second kappa shape index (κ2) is 8.32. The van der Waals surface area contributed by atoms with Crippen LogP contribution < -0.4 is 26.2 Å². The predicted octanol–water partition coefficient (Wildman–Crippen LogP) is 3.60. The molecule has 1 aliphatic carbocycles. The van der Waals surface area contributed by atoms with Gasteiger partial charge in [0.25, 0.3) is 5.56 Å². The monoisotopic (exact) mass is 525 g/mol. The van der Waals surface area contributed by atoms with E-state index in [1.54, 1.807) is 0 Å². The SMILES string of the molecule is COc1nc(N2C3CCC2CNC3)c2c(=O)n(C3CCC3)c(-c3ccc(F)c4sc(N)nc34)c(F)c2n1. The van der Waals surface area contributed by atoms with Crippen molar-refractivity contribution in [3.8, 4) is 17.3 Å². The Kier molecular flexibility index (Phi) is 5.12. The van der Waals surface area contributed by atoms with Crippen molar-refractivity contribution in [2.75, 3.05) is 30.8 Å². The second-order valence-corrected chi connectivity index (χ2v) is 11.0. The van der Waals surface area contributed by atoms with Crippen molar-refractivity contribution in [1.82, 2.24) is 24.8 Å². The molecular formula is C25H25F2N7O2S. The molecule has 7 rings (SSSR count). The van der Waals surface area contributed by atoms with E-state index >= 15 is 4.39 Å². The Labute approximate surface area is 214 Å². The van der Waals surface area contributed by atoms with Gasteiger partial charge in [0.05, 0.1) is 23.0 Å². The fraction of sp³-hybridized carbons (Fsp3) is 0.440. The van der Waals surface area contributed by atoms with E-state index in [9.17, 15) is 9.18 Å². The number of halogens is 2. The topological polar surface area (TPSA) is 111 Å². The highest BCUT2D eigenvalue weighted by Gasteiger charge is 2.40. The highest BCUT2D eigenvalue weighted by Crippen LogP contribution is 2.42. The molecule has 2 atom stereocenters. The summed E-state index contributed by atoms with van der Waals surface area (Å²) in [5.74, 6) is -0.751. The Morgan fingerprint density at radius 2 is 1.81 bits per heavy atom. The van der Waals surface area contributed by atoms with Gasteiger partial charge in [0.2, 0.25) is 0 Å². The molecule has 12 heteroatoms. The minimum atomic E-state index is -0.676. The van der Waals surface area contributed by atoms with Crippen molar-refractivity contribution < 1.29 is 13.5 Å². The van der Waals surface area contributed by atoms with E-state index < -0.39 is 11.6 Å². The standard InChI is InChI=1S/C25H25F2N7O2S/c1-36-25-31-19-16(22(32-25)33-12-5-6-13(33)10-29-9-12)23(35)34(11-3-2-4-11)20(17(19)27)14-7-8-15(26)21-18(14)30-24(28)37-21/h7-8,11-13,29H,2-6,9-10H2,1H3,(H2,28,30). The minimum absolute atomic E-state index is 0.00627. The van der Waals surface area contributed by atoms with Gasteiger partial charge in [-0.05, 0) is 44.2 Å². The molecule has 5 heterocycles. The number of benzene rings is 1. The van der Waals surface area contributed by atoms with Crippen LogP contribution in [-0.2, 0) is 0 Å². The molecule has 3 N–H and O–H groups in total. The zero-order valence-electron chi connectivity index (χ0n) is 20.1. The van der Waals surface area contributed by atoms with E-state index in [0.29, 0.717) is 11.4 Å². The molecule has 3 aliphatic rings. The molecule has 2 bridgehead atoms. The summed E-state index contributed by atoms with van der Waals surface area (Å²) in [4.78, 5) is 29.7. The Hall–Kier alpha value is -3.38. The summed E-state index contributed by atoms with van der Waals surface area (Å²) in [6.45, 7) is 1.53. The third kappa shape index (κ3) is 3.28. The molecule has 2 aliphatic heterocycles. The lowest BCUT2D eigenvalue weighted by Crippen LogP contribution is -2.52. The molecule has 3 aromatic heterocycles. The Balaban J connectivity index is 1.58.